The van der Waals surface area contributed by atoms with E-state index in [4.69, 9.17) is 0 Å². The molecule has 0 amide bonds. The molecule has 0 saturated heterocycles. The summed E-state index contributed by atoms with van der Waals surface area (Å²) in [6.07, 6.45) is 1.50. The Morgan fingerprint density at radius 2 is 1.00 bits per heavy atom. The molecule has 10 heavy (non-hydrogen) atoms. The van der Waals surface area contributed by atoms with E-state index in [9.17, 15) is 0 Å². The molecule has 1 rings (SSSR count). The van der Waals surface area contributed by atoms with Crippen LogP contribution in [0.3, 0.4) is 0 Å². The summed E-state index contributed by atoms with van der Waals surface area (Å²) < 4.78 is 0. The molecule has 1 aromatic carbocycles. The molecule has 0 spiro atoms. The van der Waals surface area contributed by atoms with Crippen molar-refractivity contribution in [1.29, 1.82) is 0 Å². The van der Waals surface area contributed by atoms with Gasteiger partial charge in [-0.2, -0.15) is 0 Å². The van der Waals surface area contributed by atoms with Crippen LogP contribution < -0.4 is 0 Å². The van der Waals surface area contributed by atoms with E-state index in [1.165, 1.54) is 6.08 Å². The van der Waals surface area contributed by atoms with Crippen LogP contribution in [-0.4, -0.2) is 0 Å². The van der Waals surface area contributed by atoms with Crippen molar-refractivity contribution in [2.75, 3.05) is 0 Å². The van der Waals surface area contributed by atoms with Gasteiger partial charge in [0.05, 0.1) is 0 Å². The van der Waals surface area contributed by atoms with Crippen LogP contribution in [0.15, 0.2) is 49.1 Å². The van der Waals surface area contributed by atoms with Gasteiger partial charge in [0.1, 0.15) is 0 Å². The Kier molecular flexibility index (Phi) is 15.3. The third kappa shape index (κ3) is 11.1. The summed E-state index contributed by atoms with van der Waals surface area (Å²) >= 11 is 0. The van der Waals surface area contributed by atoms with Crippen molar-refractivity contribution in [2.24, 2.45) is 0 Å². The molecule has 0 heterocycles. The summed E-state index contributed by atoms with van der Waals surface area (Å²) in [7, 11) is 0. The van der Waals surface area contributed by atoms with Crippen LogP contribution in [0.25, 0.3) is 0 Å². The maximum atomic E-state index is 3.25. The van der Waals surface area contributed by atoms with Crippen molar-refractivity contribution >= 4 is 0 Å². The summed E-state index contributed by atoms with van der Waals surface area (Å²) in [6, 6.07) is 12.0. The minimum Gasteiger partial charge on any atom is -0.245 e. The summed E-state index contributed by atoms with van der Waals surface area (Å²) in [5.41, 5.74) is 0. The van der Waals surface area contributed by atoms with E-state index >= 15 is 0 Å². The molecule has 0 aliphatic heterocycles. The molecule has 0 N–H and O–H groups in total. The smallest absolute Gasteiger partial charge is 0 e. The van der Waals surface area contributed by atoms with Gasteiger partial charge in [0.15, 0.2) is 0 Å². The third-order valence-corrected chi connectivity index (χ3v) is 0.667. The molecule has 1 heteroatoms. The zero-order chi connectivity index (χ0) is 6.95. The molecule has 1 aromatic rings. The van der Waals surface area contributed by atoms with E-state index in [0.29, 0.717) is 0 Å². The van der Waals surface area contributed by atoms with Crippen molar-refractivity contribution in [3.8, 4) is 0 Å². The second-order valence-corrected chi connectivity index (χ2v) is 1.44. The Hall–Kier alpha value is 0.207. The van der Waals surface area contributed by atoms with Crippen LogP contribution in [0.5, 0.6) is 0 Å². The van der Waals surface area contributed by atoms with Gasteiger partial charge in [-0.1, -0.05) is 36.4 Å². The van der Waals surface area contributed by atoms with Gasteiger partial charge in [0, 0.05) is 41.7 Å². The summed E-state index contributed by atoms with van der Waals surface area (Å²) in [6.45, 7) is 6.50. The Bertz CT molecular complexity index is 108. The topological polar surface area (TPSA) is 0 Å². The Morgan fingerprint density at radius 1 is 0.900 bits per heavy atom. The van der Waals surface area contributed by atoms with Gasteiger partial charge in [-0.15, -0.1) is 0 Å². The van der Waals surface area contributed by atoms with E-state index in [0.717, 1.165) is 0 Å². The van der Waals surface area contributed by atoms with Gasteiger partial charge in [0.25, 0.3) is 0 Å². The molecule has 0 radical (unpaired) electrons. The fourth-order valence-corrected chi connectivity index (χ4v) is 0.385. The summed E-state index contributed by atoms with van der Waals surface area (Å²) in [5.74, 6) is 0. The van der Waals surface area contributed by atoms with Crippen molar-refractivity contribution in [3.05, 3.63) is 56.0 Å². The molecule has 0 aliphatic rings. The first-order valence-corrected chi connectivity index (χ1v) is 2.82. The van der Waals surface area contributed by atoms with E-state index in [2.05, 4.69) is 13.5 Å². The Morgan fingerprint density at radius 3 is 1.10 bits per heavy atom. The standard InChI is InChI=1S/C6H6.C3H5.Ce/c1-2-4-6-5-3-1;1-3-2;/h1-6H;3H,1-2H2;/q;-1;. The van der Waals surface area contributed by atoms with Crippen molar-refractivity contribution in [3.63, 3.8) is 0 Å². The quantitative estimate of drug-likeness (QED) is 0.628. The maximum absolute atomic E-state index is 3.25. The predicted octanol–water partition coefficient (Wildman–Crippen LogP) is 2.69. The van der Waals surface area contributed by atoms with Gasteiger partial charge in [-0.05, 0) is 0 Å². The molecule has 52 valence electrons. The van der Waals surface area contributed by atoms with Gasteiger partial charge in [-0.3, -0.25) is 0 Å². The minimum absolute atomic E-state index is 0. The number of hydrogen-bond acceptors (Lipinski definition) is 0. The van der Waals surface area contributed by atoms with Crippen LogP contribution in [-0.2, 0) is 0 Å². The van der Waals surface area contributed by atoms with Gasteiger partial charge in [-0.25, -0.2) is 19.6 Å². The number of benzene rings is 1. The van der Waals surface area contributed by atoms with Crippen molar-refractivity contribution < 1.29 is 41.7 Å². The van der Waals surface area contributed by atoms with Crippen molar-refractivity contribution in [2.45, 2.75) is 0 Å². The van der Waals surface area contributed by atoms with Crippen LogP contribution in [0.1, 0.15) is 0 Å². The molecule has 0 bridgehead atoms. The zero-order valence-corrected chi connectivity index (χ0v) is 9.10. The van der Waals surface area contributed by atoms with Crippen LogP contribution >= 0.6 is 0 Å². The molecule has 0 aliphatic carbocycles. The van der Waals surface area contributed by atoms with Gasteiger partial charge >= 0.3 is 0 Å². The fraction of sp³-hybridized carbons (Fsp3) is 0. The molecule has 0 aromatic heterocycles. The second-order valence-electron chi connectivity index (χ2n) is 1.44. The Balaban J connectivity index is 0. The first-order chi connectivity index (χ1) is 4.41. The van der Waals surface area contributed by atoms with Gasteiger partial charge in [0.2, 0.25) is 0 Å². The van der Waals surface area contributed by atoms with E-state index < -0.39 is 0 Å². The number of hydrogen-bond donors (Lipinski definition) is 0. The second kappa shape index (κ2) is 11.9. The first kappa shape index (κ1) is 12.8. The fourth-order valence-electron chi connectivity index (χ4n) is 0.385. The molecular weight excluding hydrogens is 248 g/mol. The van der Waals surface area contributed by atoms with E-state index in [-0.39, 0.29) is 41.7 Å². The third-order valence-electron chi connectivity index (χ3n) is 0.667. The molecule has 0 unspecified atom stereocenters. The van der Waals surface area contributed by atoms with Crippen molar-refractivity contribution in [1.82, 2.24) is 0 Å². The Labute approximate surface area is 96.7 Å². The molecule has 0 atom stereocenters. The minimum atomic E-state index is 0. The normalized spacial score (nSPS) is 6.00. The molecule has 0 nitrogen and oxygen atoms in total. The van der Waals surface area contributed by atoms with E-state index in [1.54, 1.807) is 0 Å². The zero-order valence-electron chi connectivity index (χ0n) is 5.96. The average Bonchev–Trinajstić information content (AvgIpc) is 1.93. The maximum Gasteiger partial charge on any atom is 0 e. The monoisotopic (exact) mass is 259 g/mol. The summed E-state index contributed by atoms with van der Waals surface area (Å²) in [4.78, 5) is 0. The number of allylic oxidation sites excluding steroid dienone is 1. The van der Waals surface area contributed by atoms with E-state index in [1.807, 2.05) is 36.4 Å². The number of rotatable bonds is 0. The predicted molar refractivity (Wildman–Crippen MR) is 42.0 cm³/mol. The molecule has 0 fully saturated rings. The average molecular weight is 259 g/mol. The first-order valence-electron chi connectivity index (χ1n) is 2.82. The SMILES string of the molecule is C=C[CH2-].[Ce].c1ccccc1. The molecule has 0 saturated carbocycles. The molecular formula is C9H11Ce-. The largest absolute Gasteiger partial charge is 0.245 e. The summed E-state index contributed by atoms with van der Waals surface area (Å²) in [5, 5.41) is 0. The van der Waals surface area contributed by atoms with Crippen LogP contribution in [0, 0.1) is 48.7 Å². The van der Waals surface area contributed by atoms with Gasteiger partial charge < -0.3 is 0 Å². The van der Waals surface area contributed by atoms with Crippen LogP contribution in [0.2, 0.25) is 0 Å². The van der Waals surface area contributed by atoms with Crippen LogP contribution in [0.4, 0.5) is 0 Å².